The summed E-state index contributed by atoms with van der Waals surface area (Å²) < 4.78 is 27.4. The van der Waals surface area contributed by atoms with E-state index in [0.29, 0.717) is 25.2 Å². The molecule has 1 saturated heterocycles. The Balaban J connectivity index is 1.23. The summed E-state index contributed by atoms with van der Waals surface area (Å²) in [5.74, 6) is -0.137. The van der Waals surface area contributed by atoms with E-state index in [4.69, 9.17) is 0 Å². The Bertz CT molecular complexity index is 1100. The molecule has 2 amide bonds. The first kappa shape index (κ1) is 23.2. The van der Waals surface area contributed by atoms with E-state index < -0.39 is 10.0 Å². The molecular formula is C25H29N3O4S. The maximum atomic E-state index is 12.9. The van der Waals surface area contributed by atoms with E-state index in [2.05, 4.69) is 29.3 Å². The average Bonchev–Trinajstić information content (AvgIpc) is 3.25. The zero-order valence-corrected chi connectivity index (χ0v) is 19.3. The van der Waals surface area contributed by atoms with Crippen molar-refractivity contribution in [2.24, 2.45) is 11.8 Å². The van der Waals surface area contributed by atoms with Crippen LogP contribution in [-0.4, -0.2) is 50.2 Å². The number of rotatable bonds is 10. The molecular weight excluding hydrogens is 438 g/mol. The van der Waals surface area contributed by atoms with Crippen LogP contribution in [0.4, 0.5) is 0 Å². The van der Waals surface area contributed by atoms with E-state index in [1.54, 1.807) is 12.1 Å². The third kappa shape index (κ3) is 5.34. The fraction of sp³-hybridized carbons (Fsp3) is 0.360. The number of unbranched alkanes of at least 4 members (excludes halogenated alkanes) is 1. The van der Waals surface area contributed by atoms with Crippen LogP contribution in [0.25, 0.3) is 0 Å². The predicted molar refractivity (Wildman–Crippen MR) is 126 cm³/mol. The Kier molecular flexibility index (Phi) is 6.95. The zero-order valence-electron chi connectivity index (χ0n) is 18.4. The fourth-order valence-corrected chi connectivity index (χ4v) is 5.97. The number of sulfonamides is 1. The Morgan fingerprint density at radius 3 is 2.30 bits per heavy atom. The molecule has 1 aliphatic carbocycles. The number of carbonyl (C=O) groups excluding carboxylic acids is 2. The van der Waals surface area contributed by atoms with Crippen molar-refractivity contribution in [2.75, 3.05) is 19.6 Å². The quantitative estimate of drug-likeness (QED) is 0.414. The third-order valence-electron chi connectivity index (χ3n) is 6.43. The minimum atomic E-state index is -3.62. The van der Waals surface area contributed by atoms with Crippen LogP contribution in [0.15, 0.2) is 72.1 Å². The lowest BCUT2D eigenvalue weighted by atomic mass is 10.1. The van der Waals surface area contributed by atoms with Crippen LogP contribution >= 0.6 is 0 Å². The van der Waals surface area contributed by atoms with Gasteiger partial charge in [-0.15, -0.1) is 0 Å². The average molecular weight is 468 g/mol. The smallest absolute Gasteiger partial charge is 0.251 e. The number of hydrogen-bond donors (Lipinski definition) is 2. The molecule has 0 spiro atoms. The van der Waals surface area contributed by atoms with Gasteiger partial charge in [0.1, 0.15) is 0 Å². The SMILES string of the molecule is C=CC(=O)NC1C2CN(S(=O)(=O)c3ccc(C(=O)NCCCCc4ccccc4)cc3)CC21. The van der Waals surface area contributed by atoms with Crippen molar-refractivity contribution >= 4 is 21.8 Å². The number of piperidine rings is 1. The molecule has 7 nitrogen and oxygen atoms in total. The molecule has 4 rings (SSSR count). The summed E-state index contributed by atoms with van der Waals surface area (Å²) >= 11 is 0. The van der Waals surface area contributed by atoms with Gasteiger partial charge >= 0.3 is 0 Å². The van der Waals surface area contributed by atoms with Gasteiger partial charge in [-0.2, -0.15) is 4.31 Å². The van der Waals surface area contributed by atoms with E-state index in [-0.39, 0.29) is 34.6 Å². The van der Waals surface area contributed by atoms with Crippen LogP contribution in [0.1, 0.15) is 28.8 Å². The van der Waals surface area contributed by atoms with Crippen LogP contribution in [0.3, 0.4) is 0 Å². The molecule has 33 heavy (non-hydrogen) atoms. The molecule has 8 heteroatoms. The Hall–Kier alpha value is -2.97. The molecule has 2 fully saturated rings. The number of amides is 2. The Morgan fingerprint density at radius 1 is 1.00 bits per heavy atom. The number of benzene rings is 2. The van der Waals surface area contributed by atoms with Crippen LogP contribution < -0.4 is 10.6 Å². The lowest BCUT2D eigenvalue weighted by molar-refractivity contribution is -0.116. The van der Waals surface area contributed by atoms with Gasteiger partial charge in [-0.3, -0.25) is 9.59 Å². The van der Waals surface area contributed by atoms with E-state index in [9.17, 15) is 18.0 Å². The van der Waals surface area contributed by atoms with Gasteiger partial charge in [0.25, 0.3) is 5.91 Å². The van der Waals surface area contributed by atoms with Crippen molar-refractivity contribution in [3.8, 4) is 0 Å². The molecule has 2 unspecified atom stereocenters. The molecule has 0 radical (unpaired) electrons. The van der Waals surface area contributed by atoms with Gasteiger partial charge in [-0.25, -0.2) is 8.42 Å². The molecule has 0 bridgehead atoms. The predicted octanol–water partition coefficient (Wildman–Crippen LogP) is 2.36. The van der Waals surface area contributed by atoms with Gasteiger partial charge in [0, 0.05) is 31.2 Å². The minimum Gasteiger partial charge on any atom is -0.352 e. The molecule has 2 aromatic carbocycles. The highest BCUT2D eigenvalue weighted by molar-refractivity contribution is 7.89. The van der Waals surface area contributed by atoms with E-state index in [1.165, 1.54) is 28.1 Å². The summed E-state index contributed by atoms with van der Waals surface area (Å²) in [6.07, 6.45) is 4.06. The largest absolute Gasteiger partial charge is 0.352 e. The summed E-state index contributed by atoms with van der Waals surface area (Å²) in [6.45, 7) is 4.79. The fourth-order valence-electron chi connectivity index (χ4n) is 4.45. The lowest BCUT2D eigenvalue weighted by Crippen LogP contribution is -2.37. The van der Waals surface area contributed by atoms with Crippen molar-refractivity contribution in [1.82, 2.24) is 14.9 Å². The summed E-state index contributed by atoms with van der Waals surface area (Å²) in [5.41, 5.74) is 1.72. The molecule has 2 N–H and O–H groups in total. The van der Waals surface area contributed by atoms with Crippen LogP contribution in [0.5, 0.6) is 0 Å². The third-order valence-corrected chi connectivity index (χ3v) is 8.28. The summed E-state index contributed by atoms with van der Waals surface area (Å²) in [4.78, 5) is 24.0. The monoisotopic (exact) mass is 467 g/mol. The molecule has 1 aliphatic heterocycles. The molecule has 2 aliphatic rings. The molecule has 1 heterocycles. The van der Waals surface area contributed by atoms with Crippen LogP contribution in [0.2, 0.25) is 0 Å². The first-order valence-electron chi connectivity index (χ1n) is 11.3. The van der Waals surface area contributed by atoms with Gasteiger partial charge in [-0.05, 0) is 67.0 Å². The first-order valence-corrected chi connectivity index (χ1v) is 12.7. The van der Waals surface area contributed by atoms with Gasteiger partial charge < -0.3 is 10.6 Å². The highest BCUT2D eigenvalue weighted by Crippen LogP contribution is 2.47. The topological polar surface area (TPSA) is 95.6 Å². The maximum Gasteiger partial charge on any atom is 0.251 e. The number of nitrogens with zero attached hydrogens (tertiary/aromatic N) is 1. The number of carbonyl (C=O) groups is 2. The highest BCUT2D eigenvalue weighted by Gasteiger charge is 2.58. The van der Waals surface area contributed by atoms with Crippen molar-refractivity contribution in [2.45, 2.75) is 30.2 Å². The van der Waals surface area contributed by atoms with E-state index in [0.717, 1.165) is 19.3 Å². The number of fused-ring (bicyclic) bond motifs is 1. The van der Waals surface area contributed by atoms with Gasteiger partial charge in [0.05, 0.1) is 4.90 Å². The molecule has 2 atom stereocenters. The maximum absolute atomic E-state index is 12.9. The molecule has 174 valence electrons. The molecule has 0 aromatic heterocycles. The van der Waals surface area contributed by atoms with Crippen LogP contribution in [-0.2, 0) is 21.2 Å². The number of aryl methyl sites for hydroxylation is 1. The van der Waals surface area contributed by atoms with Gasteiger partial charge in [-0.1, -0.05) is 36.9 Å². The van der Waals surface area contributed by atoms with Crippen molar-refractivity contribution < 1.29 is 18.0 Å². The second kappa shape index (κ2) is 9.89. The zero-order chi connectivity index (χ0) is 23.4. The molecule has 1 saturated carbocycles. The number of nitrogens with one attached hydrogen (secondary N) is 2. The van der Waals surface area contributed by atoms with Crippen molar-refractivity contribution in [3.63, 3.8) is 0 Å². The standard InChI is InChI=1S/C25H29N3O4S/c1-2-23(29)27-24-21-16-28(17-22(21)24)33(31,32)20-13-11-19(12-14-20)25(30)26-15-7-6-10-18-8-4-3-5-9-18/h2-5,8-9,11-14,21-22,24H,1,6-7,10,15-17H2,(H,26,30)(H,27,29). The second-order valence-corrected chi connectivity index (χ2v) is 10.5. The number of hydrogen-bond acceptors (Lipinski definition) is 4. The van der Waals surface area contributed by atoms with Gasteiger partial charge in [0.15, 0.2) is 0 Å². The van der Waals surface area contributed by atoms with Crippen LogP contribution in [0, 0.1) is 11.8 Å². The van der Waals surface area contributed by atoms with E-state index >= 15 is 0 Å². The summed E-state index contributed by atoms with van der Waals surface area (Å²) in [5, 5.41) is 5.74. The highest BCUT2D eigenvalue weighted by atomic mass is 32.2. The second-order valence-electron chi connectivity index (χ2n) is 8.61. The summed E-state index contributed by atoms with van der Waals surface area (Å²) in [7, 11) is -3.62. The van der Waals surface area contributed by atoms with Crippen molar-refractivity contribution in [1.29, 1.82) is 0 Å². The summed E-state index contributed by atoms with van der Waals surface area (Å²) in [6, 6.07) is 16.3. The first-order chi connectivity index (χ1) is 15.9. The normalized spacial score (nSPS) is 21.8. The Morgan fingerprint density at radius 2 is 1.67 bits per heavy atom. The lowest BCUT2D eigenvalue weighted by Gasteiger charge is -2.20. The van der Waals surface area contributed by atoms with Gasteiger partial charge in [0.2, 0.25) is 15.9 Å². The van der Waals surface area contributed by atoms with E-state index in [1.807, 2.05) is 18.2 Å². The molecule has 2 aromatic rings. The minimum absolute atomic E-state index is 0.0284. The van der Waals surface area contributed by atoms with Crippen molar-refractivity contribution in [3.05, 3.63) is 78.4 Å². The Labute approximate surface area is 194 Å².